The molecule has 0 amide bonds. The van der Waals surface area contributed by atoms with Gasteiger partial charge in [-0.3, -0.25) is 19.2 Å². The molecule has 8 atom stereocenters. The van der Waals surface area contributed by atoms with Crippen molar-refractivity contribution in [3.8, 4) is 0 Å². The fourth-order valence-corrected chi connectivity index (χ4v) is 6.64. The molecular weight excluding hydrogens is 472 g/mol. The number of aliphatic hydroxyl groups excluding tert-OH is 1. The zero-order chi connectivity index (χ0) is 27.1. The van der Waals surface area contributed by atoms with E-state index in [1.165, 1.54) is 20.8 Å². The van der Waals surface area contributed by atoms with Crippen LogP contribution < -0.4 is 0 Å². The highest BCUT2D eigenvalue weighted by Gasteiger charge is 2.64. The van der Waals surface area contributed by atoms with Gasteiger partial charge in [0.2, 0.25) is 0 Å². The second-order valence-corrected chi connectivity index (χ2v) is 11.3. The van der Waals surface area contributed by atoms with Crippen LogP contribution in [0.5, 0.6) is 0 Å². The molecule has 3 aliphatic rings. The van der Waals surface area contributed by atoms with E-state index >= 15 is 0 Å². The van der Waals surface area contributed by atoms with Gasteiger partial charge in [-0.1, -0.05) is 6.92 Å². The number of carbonyl (C=O) groups is 4. The number of ether oxygens (including phenoxy) is 5. The van der Waals surface area contributed by atoms with Crippen LogP contribution in [0.2, 0.25) is 0 Å². The second kappa shape index (κ2) is 10.4. The molecule has 0 aromatic heterocycles. The lowest BCUT2D eigenvalue weighted by Crippen LogP contribution is -2.61. The normalized spacial score (nSPS) is 38.6. The van der Waals surface area contributed by atoms with Crippen molar-refractivity contribution in [2.45, 2.75) is 117 Å². The molecule has 3 fully saturated rings. The number of esters is 3. The second-order valence-electron chi connectivity index (χ2n) is 11.3. The Morgan fingerprint density at radius 1 is 0.889 bits per heavy atom. The van der Waals surface area contributed by atoms with Crippen molar-refractivity contribution in [2.24, 2.45) is 16.7 Å². The van der Waals surface area contributed by atoms with Crippen molar-refractivity contribution in [2.75, 3.05) is 6.61 Å². The Morgan fingerprint density at radius 3 is 2.00 bits per heavy atom. The van der Waals surface area contributed by atoms with Crippen molar-refractivity contribution >= 4 is 23.7 Å². The lowest BCUT2D eigenvalue weighted by Gasteiger charge is -2.54. The first kappa shape index (κ1) is 28.5. The van der Waals surface area contributed by atoms with Gasteiger partial charge in [0.15, 0.2) is 24.6 Å². The zero-order valence-corrected chi connectivity index (χ0v) is 22.3. The Morgan fingerprint density at radius 2 is 1.44 bits per heavy atom. The van der Waals surface area contributed by atoms with E-state index in [-0.39, 0.29) is 23.7 Å². The molecule has 0 unspecified atom stereocenters. The fraction of sp³-hybridized carbons (Fsp3) is 0.846. The minimum atomic E-state index is -1.18. The largest absolute Gasteiger partial charge is 0.456 e. The monoisotopic (exact) mass is 512 g/mol. The van der Waals surface area contributed by atoms with Crippen LogP contribution in [0.4, 0.5) is 0 Å². The minimum Gasteiger partial charge on any atom is -0.456 e. The highest BCUT2D eigenvalue weighted by Crippen LogP contribution is 2.63. The number of fused-ring (bicyclic) bond motifs is 1. The molecule has 0 aromatic rings. The lowest BCUT2D eigenvalue weighted by molar-refractivity contribution is -0.311. The van der Waals surface area contributed by atoms with Crippen molar-refractivity contribution in [3.05, 3.63) is 0 Å². The van der Waals surface area contributed by atoms with Crippen LogP contribution in [-0.2, 0) is 42.9 Å². The molecule has 1 N–H and O–H groups in total. The van der Waals surface area contributed by atoms with Gasteiger partial charge >= 0.3 is 17.9 Å². The Bertz CT molecular complexity index is 884. The Kier molecular flexibility index (Phi) is 8.22. The summed E-state index contributed by atoms with van der Waals surface area (Å²) >= 11 is 0. The highest BCUT2D eigenvalue weighted by molar-refractivity contribution is 5.84. The summed E-state index contributed by atoms with van der Waals surface area (Å²) in [5, 5.41) is 10.9. The van der Waals surface area contributed by atoms with E-state index in [1.54, 1.807) is 6.92 Å². The molecule has 1 saturated heterocycles. The molecule has 10 nitrogen and oxygen atoms in total. The summed E-state index contributed by atoms with van der Waals surface area (Å²) in [5.74, 6) is -2.01. The zero-order valence-electron chi connectivity index (χ0n) is 22.3. The quantitative estimate of drug-likeness (QED) is 0.400. The van der Waals surface area contributed by atoms with Gasteiger partial charge in [0.1, 0.15) is 5.78 Å². The molecule has 2 saturated carbocycles. The van der Waals surface area contributed by atoms with Crippen LogP contribution in [0.25, 0.3) is 0 Å². The summed E-state index contributed by atoms with van der Waals surface area (Å²) in [7, 11) is 0. The van der Waals surface area contributed by atoms with Crippen LogP contribution in [-0.4, -0.2) is 71.7 Å². The molecule has 1 heterocycles. The van der Waals surface area contributed by atoms with Crippen molar-refractivity contribution < 1.29 is 48.0 Å². The summed E-state index contributed by atoms with van der Waals surface area (Å²) in [5.41, 5.74) is -1.98. The van der Waals surface area contributed by atoms with Crippen molar-refractivity contribution in [3.63, 3.8) is 0 Å². The van der Waals surface area contributed by atoms with Crippen LogP contribution in [0.3, 0.4) is 0 Å². The Balaban J connectivity index is 1.87. The Hall–Kier alpha value is -2.04. The summed E-state index contributed by atoms with van der Waals surface area (Å²) in [4.78, 5) is 48.4. The van der Waals surface area contributed by atoms with Gasteiger partial charge in [0.05, 0.1) is 23.7 Å². The van der Waals surface area contributed by atoms with E-state index in [9.17, 15) is 24.3 Å². The van der Waals surface area contributed by atoms with Crippen molar-refractivity contribution in [1.29, 1.82) is 0 Å². The van der Waals surface area contributed by atoms with E-state index in [0.717, 1.165) is 19.3 Å². The molecule has 0 spiro atoms. The molecule has 36 heavy (non-hydrogen) atoms. The molecule has 0 bridgehead atoms. The maximum absolute atomic E-state index is 13.0. The van der Waals surface area contributed by atoms with Crippen LogP contribution >= 0.6 is 0 Å². The molecule has 1 aliphatic heterocycles. The molecule has 10 heteroatoms. The van der Waals surface area contributed by atoms with Gasteiger partial charge in [0, 0.05) is 20.8 Å². The number of Topliss-reactive ketones (excluding diaryl/α,β-unsaturated/α-hetero) is 1. The van der Waals surface area contributed by atoms with Crippen molar-refractivity contribution in [1.82, 2.24) is 0 Å². The van der Waals surface area contributed by atoms with Gasteiger partial charge in [-0.05, 0) is 64.2 Å². The Labute approximate surface area is 212 Å². The van der Waals surface area contributed by atoms with Crippen LogP contribution in [0, 0.1) is 16.7 Å². The number of ketones is 1. The summed E-state index contributed by atoms with van der Waals surface area (Å²) in [6.07, 6.45) is -1.73. The van der Waals surface area contributed by atoms with Gasteiger partial charge in [-0.15, -0.1) is 0 Å². The molecular formula is C26H40O10. The lowest BCUT2D eigenvalue weighted by atomic mass is 9.52. The number of hydrogen-bond acceptors (Lipinski definition) is 10. The van der Waals surface area contributed by atoms with E-state index in [4.69, 9.17) is 23.7 Å². The molecule has 204 valence electrons. The van der Waals surface area contributed by atoms with E-state index < -0.39 is 59.6 Å². The van der Waals surface area contributed by atoms with Crippen LogP contribution in [0.1, 0.15) is 80.6 Å². The number of aliphatic hydroxyl groups is 1. The van der Waals surface area contributed by atoms with Gasteiger partial charge in [0.25, 0.3) is 0 Å². The third-order valence-corrected chi connectivity index (χ3v) is 8.56. The fourth-order valence-electron chi connectivity index (χ4n) is 6.64. The predicted octanol–water partition coefficient (Wildman–Crippen LogP) is 2.47. The number of rotatable bonds is 7. The summed E-state index contributed by atoms with van der Waals surface area (Å²) < 4.78 is 28.4. The molecule has 0 aromatic carbocycles. The first-order valence-electron chi connectivity index (χ1n) is 12.6. The van der Waals surface area contributed by atoms with Crippen LogP contribution in [0.15, 0.2) is 0 Å². The van der Waals surface area contributed by atoms with E-state index in [2.05, 4.69) is 6.92 Å². The first-order chi connectivity index (χ1) is 16.6. The third kappa shape index (κ3) is 5.31. The average Bonchev–Trinajstić information content (AvgIpc) is 3.02. The highest BCUT2D eigenvalue weighted by atomic mass is 16.7. The van der Waals surface area contributed by atoms with E-state index in [0.29, 0.717) is 12.8 Å². The number of hydrogen-bond donors (Lipinski definition) is 1. The predicted molar refractivity (Wildman–Crippen MR) is 125 cm³/mol. The smallest absolute Gasteiger partial charge is 0.303 e. The van der Waals surface area contributed by atoms with E-state index in [1.807, 2.05) is 13.8 Å². The maximum atomic E-state index is 13.0. The van der Waals surface area contributed by atoms with Gasteiger partial charge in [-0.25, -0.2) is 0 Å². The minimum absolute atomic E-state index is 0.0126. The average molecular weight is 513 g/mol. The summed E-state index contributed by atoms with van der Waals surface area (Å²) in [6.45, 7) is 10.9. The number of carbonyl (C=O) groups excluding carboxylic acids is 4. The third-order valence-electron chi connectivity index (χ3n) is 8.56. The molecule has 2 aliphatic carbocycles. The maximum Gasteiger partial charge on any atom is 0.303 e. The summed E-state index contributed by atoms with van der Waals surface area (Å²) in [6, 6.07) is 0. The van der Waals surface area contributed by atoms with Gasteiger partial charge in [-0.2, -0.15) is 0 Å². The SMILES string of the molecule is CC(=O)O[C@@H]1[C@@H](OC(C)=O)[C@H](OC(C)(C)[C@@H]2CC[C@@]3(C)CC[C@@H](O)[C@]3(C(C)=O)C2)OC[C@H]1OC(C)=O. The van der Waals surface area contributed by atoms with Gasteiger partial charge < -0.3 is 28.8 Å². The standard InChI is InChI=1S/C26H40O10/c1-14(27)26-12-18(8-10-25(26,7)11-9-20(26)31)24(5,6)36-23-22(35-17(4)30)21(34-16(3)29)19(13-32-23)33-15(2)28/h18-23,31H,8-13H2,1-7H3/t18-,19-,20-,21+,22-,23+,25+,26-/m1/s1. The first-order valence-corrected chi connectivity index (χ1v) is 12.6. The molecule has 0 radical (unpaired) electrons. The topological polar surface area (TPSA) is 135 Å². The molecule has 3 rings (SSSR count).